The fourth-order valence-corrected chi connectivity index (χ4v) is 2.34. The topological polar surface area (TPSA) is 63.2 Å². The molecule has 1 unspecified atom stereocenters. The van der Waals surface area contributed by atoms with Gasteiger partial charge in [0.25, 0.3) is 0 Å². The molecular formula is C19H25N3O2. The number of anilines is 1. The quantitative estimate of drug-likeness (QED) is 0.781. The zero-order chi connectivity index (χ0) is 17.4. The maximum absolute atomic E-state index is 12.1. The summed E-state index contributed by atoms with van der Waals surface area (Å²) in [4.78, 5) is 16.3. The summed E-state index contributed by atoms with van der Waals surface area (Å²) < 4.78 is 5.39. The molecule has 1 aromatic carbocycles. The highest BCUT2D eigenvalue weighted by atomic mass is 16.5. The number of hydrogen-bond acceptors (Lipinski definition) is 4. The van der Waals surface area contributed by atoms with Gasteiger partial charge in [-0.3, -0.25) is 4.79 Å². The van der Waals surface area contributed by atoms with E-state index in [2.05, 4.69) is 15.6 Å². The van der Waals surface area contributed by atoms with Gasteiger partial charge in [-0.15, -0.1) is 0 Å². The van der Waals surface area contributed by atoms with E-state index in [0.29, 0.717) is 25.5 Å². The van der Waals surface area contributed by atoms with Gasteiger partial charge in [-0.05, 0) is 44.0 Å². The van der Waals surface area contributed by atoms with E-state index in [1.54, 1.807) is 6.20 Å². The van der Waals surface area contributed by atoms with Gasteiger partial charge in [0.2, 0.25) is 11.8 Å². The van der Waals surface area contributed by atoms with Gasteiger partial charge in [-0.1, -0.05) is 18.2 Å². The van der Waals surface area contributed by atoms with Crippen molar-refractivity contribution in [2.75, 3.05) is 11.9 Å². The van der Waals surface area contributed by atoms with Crippen LogP contribution >= 0.6 is 0 Å². The predicted molar refractivity (Wildman–Crippen MR) is 96.1 cm³/mol. The Balaban J connectivity index is 1.80. The van der Waals surface area contributed by atoms with E-state index >= 15 is 0 Å². The Bertz CT molecular complexity index is 673. The number of rotatable bonds is 8. The molecule has 1 amide bonds. The van der Waals surface area contributed by atoms with Gasteiger partial charge in [-0.2, -0.15) is 0 Å². The van der Waals surface area contributed by atoms with Crippen molar-refractivity contribution >= 4 is 11.6 Å². The largest absolute Gasteiger partial charge is 0.478 e. The van der Waals surface area contributed by atoms with Crippen LogP contribution in [0.5, 0.6) is 5.88 Å². The lowest BCUT2D eigenvalue weighted by Gasteiger charge is -2.15. The zero-order valence-electron chi connectivity index (χ0n) is 14.5. The maximum Gasteiger partial charge on any atom is 0.225 e. The number of ether oxygens (including phenoxy) is 1. The van der Waals surface area contributed by atoms with Gasteiger partial charge in [0.1, 0.15) is 0 Å². The molecule has 2 rings (SSSR count). The number of hydrogen-bond donors (Lipinski definition) is 2. The van der Waals surface area contributed by atoms with Crippen molar-refractivity contribution in [1.82, 2.24) is 10.3 Å². The SMILES string of the molecule is CCOc1cc(CNC(C)CC(=O)Nc2ccccc2C)ccn1. The van der Waals surface area contributed by atoms with Crippen LogP contribution in [0.3, 0.4) is 0 Å². The van der Waals surface area contributed by atoms with Gasteiger partial charge in [0.15, 0.2) is 0 Å². The van der Waals surface area contributed by atoms with E-state index in [1.807, 2.05) is 57.2 Å². The summed E-state index contributed by atoms with van der Waals surface area (Å²) in [6, 6.07) is 11.7. The first-order valence-electron chi connectivity index (χ1n) is 8.25. The molecule has 128 valence electrons. The standard InChI is InChI=1S/C19H25N3O2/c1-4-24-19-12-16(9-10-20-19)13-21-15(3)11-18(23)22-17-8-6-5-7-14(17)2/h5-10,12,15,21H,4,11,13H2,1-3H3,(H,22,23). The van der Waals surface area contributed by atoms with Crippen LogP contribution in [-0.4, -0.2) is 23.5 Å². The number of nitrogens with one attached hydrogen (secondary N) is 2. The monoisotopic (exact) mass is 327 g/mol. The van der Waals surface area contributed by atoms with Crippen molar-refractivity contribution in [1.29, 1.82) is 0 Å². The molecule has 0 radical (unpaired) electrons. The average Bonchev–Trinajstić information content (AvgIpc) is 2.56. The van der Waals surface area contributed by atoms with Gasteiger partial charge in [0.05, 0.1) is 6.61 Å². The van der Waals surface area contributed by atoms with Crippen molar-refractivity contribution in [3.8, 4) is 5.88 Å². The Morgan fingerprint density at radius 1 is 1.29 bits per heavy atom. The first-order chi connectivity index (χ1) is 11.6. The van der Waals surface area contributed by atoms with E-state index < -0.39 is 0 Å². The summed E-state index contributed by atoms with van der Waals surface area (Å²) in [5, 5.41) is 6.31. The number of aryl methyl sites for hydroxylation is 1. The molecule has 2 N–H and O–H groups in total. The van der Waals surface area contributed by atoms with Crippen molar-refractivity contribution in [2.24, 2.45) is 0 Å². The molecule has 24 heavy (non-hydrogen) atoms. The van der Waals surface area contributed by atoms with Crippen LogP contribution in [0.15, 0.2) is 42.6 Å². The summed E-state index contributed by atoms with van der Waals surface area (Å²) in [5.74, 6) is 0.635. The number of nitrogens with zero attached hydrogens (tertiary/aromatic N) is 1. The van der Waals surface area contributed by atoms with Gasteiger partial charge in [-0.25, -0.2) is 4.98 Å². The first-order valence-corrected chi connectivity index (χ1v) is 8.25. The van der Waals surface area contributed by atoms with Crippen molar-refractivity contribution in [3.05, 3.63) is 53.7 Å². The van der Waals surface area contributed by atoms with Crippen LogP contribution in [0.25, 0.3) is 0 Å². The molecule has 0 aliphatic heterocycles. The number of carbonyl (C=O) groups excluding carboxylic acids is 1. The first kappa shape index (κ1) is 17.9. The molecule has 0 spiro atoms. The molecule has 0 aliphatic carbocycles. The molecule has 1 aromatic heterocycles. The second-order valence-electron chi connectivity index (χ2n) is 5.78. The van der Waals surface area contributed by atoms with E-state index in [0.717, 1.165) is 16.8 Å². The van der Waals surface area contributed by atoms with Gasteiger partial charge >= 0.3 is 0 Å². The lowest BCUT2D eigenvalue weighted by Crippen LogP contribution is -2.30. The Morgan fingerprint density at radius 3 is 2.83 bits per heavy atom. The lowest BCUT2D eigenvalue weighted by atomic mass is 10.1. The molecule has 1 atom stereocenters. The minimum atomic E-state index is 0.00836. The second-order valence-corrected chi connectivity index (χ2v) is 5.78. The normalized spacial score (nSPS) is 11.8. The highest BCUT2D eigenvalue weighted by Gasteiger charge is 2.10. The molecular weight excluding hydrogens is 302 g/mol. The third-order valence-electron chi connectivity index (χ3n) is 3.66. The maximum atomic E-state index is 12.1. The van der Waals surface area contributed by atoms with E-state index in [1.165, 1.54) is 0 Å². The number of aromatic nitrogens is 1. The molecule has 0 aliphatic rings. The van der Waals surface area contributed by atoms with E-state index in [4.69, 9.17) is 4.74 Å². The minimum absolute atomic E-state index is 0.00836. The smallest absolute Gasteiger partial charge is 0.225 e. The number of para-hydroxylation sites is 1. The molecule has 0 bridgehead atoms. The molecule has 5 heteroatoms. The Labute approximate surface area is 143 Å². The summed E-state index contributed by atoms with van der Waals surface area (Å²) in [7, 11) is 0. The van der Waals surface area contributed by atoms with Crippen molar-refractivity contribution in [2.45, 2.75) is 39.8 Å². The summed E-state index contributed by atoms with van der Waals surface area (Å²) in [5.41, 5.74) is 3.01. The number of pyridine rings is 1. The van der Waals surface area contributed by atoms with Crippen LogP contribution in [0, 0.1) is 6.92 Å². The predicted octanol–water partition coefficient (Wildman–Crippen LogP) is 3.30. The molecule has 0 saturated heterocycles. The van der Waals surface area contributed by atoms with Crippen LogP contribution < -0.4 is 15.4 Å². The molecule has 2 aromatic rings. The number of amides is 1. The van der Waals surface area contributed by atoms with Gasteiger partial charge in [0, 0.05) is 37.0 Å². The number of benzene rings is 1. The molecule has 0 saturated carbocycles. The fraction of sp³-hybridized carbons (Fsp3) is 0.368. The Morgan fingerprint density at radius 2 is 2.08 bits per heavy atom. The molecule has 5 nitrogen and oxygen atoms in total. The number of carbonyl (C=O) groups is 1. The highest BCUT2D eigenvalue weighted by Crippen LogP contribution is 2.14. The molecule has 0 fully saturated rings. The lowest BCUT2D eigenvalue weighted by molar-refractivity contribution is -0.116. The minimum Gasteiger partial charge on any atom is -0.478 e. The van der Waals surface area contributed by atoms with Crippen LogP contribution in [0.1, 0.15) is 31.4 Å². The average molecular weight is 327 g/mol. The summed E-state index contributed by atoms with van der Waals surface area (Å²) in [6.07, 6.45) is 2.15. The van der Waals surface area contributed by atoms with Crippen LogP contribution in [0.2, 0.25) is 0 Å². The fourth-order valence-electron chi connectivity index (χ4n) is 2.34. The van der Waals surface area contributed by atoms with E-state index in [-0.39, 0.29) is 11.9 Å². The zero-order valence-corrected chi connectivity index (χ0v) is 14.5. The van der Waals surface area contributed by atoms with Gasteiger partial charge < -0.3 is 15.4 Å². The van der Waals surface area contributed by atoms with E-state index in [9.17, 15) is 4.79 Å². The second kappa shape index (κ2) is 9.03. The van der Waals surface area contributed by atoms with Crippen LogP contribution in [0.4, 0.5) is 5.69 Å². The third-order valence-corrected chi connectivity index (χ3v) is 3.66. The van der Waals surface area contributed by atoms with Crippen molar-refractivity contribution in [3.63, 3.8) is 0 Å². The highest BCUT2D eigenvalue weighted by molar-refractivity contribution is 5.91. The van der Waals surface area contributed by atoms with Crippen molar-refractivity contribution < 1.29 is 9.53 Å². The third kappa shape index (κ3) is 5.66. The Kier molecular flexibility index (Phi) is 6.75. The molecule has 1 heterocycles. The van der Waals surface area contributed by atoms with Crippen LogP contribution in [-0.2, 0) is 11.3 Å². The summed E-state index contributed by atoms with van der Waals surface area (Å²) >= 11 is 0. The Hall–Kier alpha value is -2.40. The summed E-state index contributed by atoms with van der Waals surface area (Å²) in [6.45, 7) is 7.18.